The summed E-state index contributed by atoms with van der Waals surface area (Å²) in [6, 6.07) is 9.94. The number of ether oxygens (including phenoxy) is 1. The number of methoxy groups -OCH3 is 1. The Morgan fingerprint density at radius 3 is 2.58 bits per heavy atom. The molecule has 0 saturated carbocycles. The topological polar surface area (TPSA) is 46.6 Å². The van der Waals surface area contributed by atoms with Gasteiger partial charge in [0.25, 0.3) is 0 Å². The van der Waals surface area contributed by atoms with Crippen molar-refractivity contribution in [3.05, 3.63) is 35.9 Å². The van der Waals surface area contributed by atoms with Crippen molar-refractivity contribution in [3.63, 3.8) is 0 Å². The molecule has 1 fully saturated rings. The molecule has 0 radical (unpaired) electrons. The predicted octanol–water partition coefficient (Wildman–Crippen LogP) is 1.64. The molecule has 0 spiro atoms. The molecular formula is C15H19NO3. The fraction of sp³-hybridized carbons (Fsp3) is 0.467. The lowest BCUT2D eigenvalue weighted by atomic mass is 9.87. The van der Waals surface area contributed by atoms with Crippen molar-refractivity contribution in [2.45, 2.75) is 25.9 Å². The molecule has 1 atom stereocenters. The monoisotopic (exact) mass is 261 g/mol. The second kappa shape index (κ2) is 5.13. The van der Waals surface area contributed by atoms with E-state index in [0.717, 1.165) is 5.56 Å². The quantitative estimate of drug-likeness (QED) is 0.613. The van der Waals surface area contributed by atoms with E-state index in [1.165, 1.54) is 7.11 Å². The number of hydrogen-bond acceptors (Lipinski definition) is 4. The summed E-state index contributed by atoms with van der Waals surface area (Å²) in [5, 5.41) is 0. The summed E-state index contributed by atoms with van der Waals surface area (Å²) in [4.78, 5) is 25.9. The van der Waals surface area contributed by atoms with Gasteiger partial charge in [0.15, 0.2) is 5.78 Å². The van der Waals surface area contributed by atoms with E-state index in [9.17, 15) is 9.59 Å². The van der Waals surface area contributed by atoms with Crippen molar-refractivity contribution in [2.75, 3.05) is 13.7 Å². The van der Waals surface area contributed by atoms with Crippen LogP contribution in [0.4, 0.5) is 0 Å². The minimum Gasteiger partial charge on any atom is -0.468 e. The van der Waals surface area contributed by atoms with Crippen molar-refractivity contribution in [1.82, 2.24) is 4.90 Å². The van der Waals surface area contributed by atoms with Gasteiger partial charge in [0.05, 0.1) is 13.7 Å². The van der Waals surface area contributed by atoms with Crippen molar-refractivity contribution >= 4 is 11.8 Å². The second-order valence-corrected chi connectivity index (χ2v) is 5.42. The largest absolute Gasteiger partial charge is 0.468 e. The number of ketones is 1. The Labute approximate surface area is 113 Å². The zero-order valence-corrected chi connectivity index (χ0v) is 11.6. The zero-order chi connectivity index (χ0) is 14.0. The van der Waals surface area contributed by atoms with Gasteiger partial charge in [-0.15, -0.1) is 0 Å². The molecule has 4 heteroatoms. The molecule has 0 bridgehead atoms. The van der Waals surface area contributed by atoms with Gasteiger partial charge < -0.3 is 4.74 Å². The van der Waals surface area contributed by atoms with E-state index in [-0.39, 0.29) is 5.78 Å². The number of rotatable bonds is 3. The van der Waals surface area contributed by atoms with E-state index >= 15 is 0 Å². The summed E-state index contributed by atoms with van der Waals surface area (Å²) >= 11 is 0. The van der Waals surface area contributed by atoms with Crippen molar-refractivity contribution in [2.24, 2.45) is 5.92 Å². The summed E-state index contributed by atoms with van der Waals surface area (Å²) in [7, 11) is 1.32. The number of benzene rings is 1. The molecule has 1 unspecified atom stereocenters. The number of carbonyl (C=O) groups excluding carboxylic acids is 2. The molecule has 0 amide bonds. The first-order valence-electron chi connectivity index (χ1n) is 6.36. The molecule has 4 nitrogen and oxygen atoms in total. The summed E-state index contributed by atoms with van der Waals surface area (Å²) in [6.07, 6.45) is 0. The van der Waals surface area contributed by atoms with Crippen molar-refractivity contribution < 1.29 is 14.3 Å². The molecular weight excluding hydrogens is 242 g/mol. The molecule has 1 aliphatic rings. The molecule has 2 rings (SSSR count). The molecule has 1 aromatic rings. The summed E-state index contributed by atoms with van der Waals surface area (Å²) < 4.78 is 4.75. The number of nitrogens with zero attached hydrogens (tertiary/aromatic N) is 1. The zero-order valence-electron chi connectivity index (χ0n) is 11.6. The standard InChI is InChI=1S/C15H19NO3/c1-15(2)13(14(18)19-3)12(17)10-16(15)9-11-7-5-4-6-8-11/h4-8,13H,9-10H2,1-3H3. The molecule has 19 heavy (non-hydrogen) atoms. The van der Waals surface area contributed by atoms with Gasteiger partial charge in [-0.1, -0.05) is 30.3 Å². The van der Waals surface area contributed by atoms with Gasteiger partial charge in [-0.3, -0.25) is 14.5 Å². The number of hydrogen-bond donors (Lipinski definition) is 0. The highest BCUT2D eigenvalue weighted by molar-refractivity contribution is 6.03. The van der Waals surface area contributed by atoms with Crippen LogP contribution in [-0.4, -0.2) is 35.8 Å². The highest BCUT2D eigenvalue weighted by Gasteiger charge is 2.51. The van der Waals surface area contributed by atoms with Gasteiger partial charge in [-0.05, 0) is 19.4 Å². The van der Waals surface area contributed by atoms with Gasteiger partial charge in [0.2, 0.25) is 0 Å². The summed E-state index contributed by atoms with van der Waals surface area (Å²) in [5.74, 6) is -1.19. The van der Waals surface area contributed by atoms with E-state index in [1.54, 1.807) is 0 Å². The van der Waals surface area contributed by atoms with E-state index in [2.05, 4.69) is 0 Å². The van der Waals surface area contributed by atoms with E-state index in [0.29, 0.717) is 13.1 Å². The first-order valence-corrected chi connectivity index (χ1v) is 6.36. The fourth-order valence-corrected chi connectivity index (χ4v) is 2.66. The number of esters is 1. The van der Waals surface area contributed by atoms with Gasteiger partial charge in [0, 0.05) is 12.1 Å². The SMILES string of the molecule is COC(=O)C1C(=O)CN(Cc2ccccc2)C1(C)C. The Balaban J connectivity index is 2.20. The van der Waals surface area contributed by atoms with E-state index < -0.39 is 17.4 Å². The van der Waals surface area contributed by atoms with Crippen LogP contribution in [0.1, 0.15) is 19.4 Å². The van der Waals surface area contributed by atoms with Crippen LogP contribution in [-0.2, 0) is 20.9 Å². The second-order valence-electron chi connectivity index (χ2n) is 5.42. The molecule has 0 aromatic heterocycles. The Morgan fingerprint density at radius 2 is 2.00 bits per heavy atom. The van der Waals surface area contributed by atoms with Crippen LogP contribution < -0.4 is 0 Å². The van der Waals surface area contributed by atoms with Crippen LogP contribution in [0.15, 0.2) is 30.3 Å². The first kappa shape index (κ1) is 13.7. The highest BCUT2D eigenvalue weighted by atomic mass is 16.5. The smallest absolute Gasteiger partial charge is 0.318 e. The van der Waals surface area contributed by atoms with E-state index in [4.69, 9.17) is 4.74 Å². The normalized spacial score (nSPS) is 22.5. The molecule has 1 saturated heterocycles. The third-order valence-corrected chi connectivity index (χ3v) is 3.84. The molecule has 102 valence electrons. The first-order chi connectivity index (χ1) is 8.96. The van der Waals surface area contributed by atoms with Gasteiger partial charge in [-0.25, -0.2) is 0 Å². The third-order valence-electron chi connectivity index (χ3n) is 3.84. The number of Topliss-reactive ketones (excluding diaryl/α,β-unsaturated/α-hetero) is 1. The van der Waals surface area contributed by atoms with Crippen molar-refractivity contribution in [3.8, 4) is 0 Å². The minimum atomic E-state index is -0.693. The maximum Gasteiger partial charge on any atom is 0.318 e. The Hall–Kier alpha value is -1.68. The minimum absolute atomic E-state index is 0.0622. The maximum absolute atomic E-state index is 12.0. The van der Waals surface area contributed by atoms with Crippen LogP contribution in [0.5, 0.6) is 0 Å². The Kier molecular flexibility index (Phi) is 3.71. The summed E-state index contributed by atoms with van der Waals surface area (Å²) in [5.41, 5.74) is 0.619. The third kappa shape index (κ3) is 2.54. The molecule has 1 aliphatic heterocycles. The maximum atomic E-state index is 12.0. The van der Waals surface area contributed by atoms with E-state index in [1.807, 2.05) is 49.1 Å². The number of likely N-dealkylation sites (tertiary alicyclic amines) is 1. The van der Waals surface area contributed by atoms with Crippen LogP contribution in [0.2, 0.25) is 0 Å². The van der Waals surface area contributed by atoms with Crippen LogP contribution >= 0.6 is 0 Å². The van der Waals surface area contributed by atoms with Gasteiger partial charge in [0.1, 0.15) is 5.92 Å². The fourth-order valence-electron chi connectivity index (χ4n) is 2.66. The van der Waals surface area contributed by atoms with Crippen LogP contribution in [0, 0.1) is 5.92 Å². The lowest BCUT2D eigenvalue weighted by molar-refractivity contribution is -0.150. The molecule has 1 aromatic carbocycles. The Bertz CT molecular complexity index is 481. The van der Waals surface area contributed by atoms with Crippen molar-refractivity contribution in [1.29, 1.82) is 0 Å². The molecule has 1 heterocycles. The highest BCUT2D eigenvalue weighted by Crippen LogP contribution is 2.34. The average Bonchev–Trinajstić information content (AvgIpc) is 2.60. The van der Waals surface area contributed by atoms with Gasteiger partial charge in [-0.2, -0.15) is 0 Å². The molecule has 0 N–H and O–H groups in total. The lowest BCUT2D eigenvalue weighted by Gasteiger charge is -2.33. The van der Waals surface area contributed by atoms with Crippen LogP contribution in [0.3, 0.4) is 0 Å². The average molecular weight is 261 g/mol. The number of carbonyl (C=O) groups is 2. The predicted molar refractivity (Wildman–Crippen MR) is 71.4 cm³/mol. The van der Waals surface area contributed by atoms with Gasteiger partial charge >= 0.3 is 5.97 Å². The lowest BCUT2D eigenvalue weighted by Crippen LogP contribution is -2.45. The Morgan fingerprint density at radius 1 is 1.37 bits per heavy atom. The van der Waals surface area contributed by atoms with Crippen LogP contribution in [0.25, 0.3) is 0 Å². The molecule has 0 aliphatic carbocycles. The summed E-state index contributed by atoms with van der Waals surface area (Å²) in [6.45, 7) is 4.79.